The molecule has 0 N–H and O–H groups in total. The van der Waals surface area contributed by atoms with Gasteiger partial charge in [-0.05, 0) is 29.8 Å². The van der Waals surface area contributed by atoms with Crippen LogP contribution in [0.3, 0.4) is 0 Å². The highest BCUT2D eigenvalue weighted by molar-refractivity contribution is 7.22. The minimum atomic E-state index is -0.792. The second-order valence-electron chi connectivity index (χ2n) is 5.98. The summed E-state index contributed by atoms with van der Waals surface area (Å²) in [4.78, 5) is 9.26. The molecule has 0 aliphatic carbocycles. The Morgan fingerprint density at radius 3 is 2.50 bits per heavy atom. The van der Waals surface area contributed by atoms with Crippen LogP contribution in [0.5, 0.6) is 0 Å². The van der Waals surface area contributed by atoms with E-state index in [4.69, 9.17) is 4.98 Å². The third-order valence-corrected chi connectivity index (χ3v) is 5.41. The second kappa shape index (κ2) is 6.45. The maximum Gasteiger partial charge on any atom is 0.186 e. The molecule has 2 aromatic carbocycles. The molecule has 1 aliphatic heterocycles. The Bertz CT molecular complexity index is 823. The maximum atomic E-state index is 13.3. The lowest BCUT2D eigenvalue weighted by Gasteiger charge is -2.34. The summed E-state index contributed by atoms with van der Waals surface area (Å²) in [5.74, 6) is -1.57. The first-order valence-corrected chi connectivity index (χ1v) is 8.77. The predicted octanol–water partition coefficient (Wildman–Crippen LogP) is 3.90. The van der Waals surface area contributed by atoms with Crippen molar-refractivity contribution >= 4 is 26.7 Å². The molecule has 0 atom stereocenters. The fourth-order valence-electron chi connectivity index (χ4n) is 2.99. The van der Waals surface area contributed by atoms with Crippen molar-refractivity contribution in [2.75, 3.05) is 31.1 Å². The quantitative estimate of drug-likeness (QED) is 0.718. The molecule has 124 valence electrons. The van der Waals surface area contributed by atoms with Crippen molar-refractivity contribution < 1.29 is 8.78 Å². The van der Waals surface area contributed by atoms with Crippen molar-refractivity contribution in [1.82, 2.24) is 9.88 Å². The summed E-state index contributed by atoms with van der Waals surface area (Å²) in [6.45, 7) is 4.20. The van der Waals surface area contributed by atoms with E-state index in [-0.39, 0.29) is 0 Å². The van der Waals surface area contributed by atoms with E-state index in [9.17, 15) is 8.78 Å². The molecular formula is C18H17F2N3S. The number of para-hydroxylation sites is 1. The van der Waals surface area contributed by atoms with Crippen molar-refractivity contribution in [2.24, 2.45) is 0 Å². The number of piperazine rings is 1. The monoisotopic (exact) mass is 345 g/mol. The van der Waals surface area contributed by atoms with Crippen LogP contribution >= 0.6 is 11.3 Å². The molecule has 4 rings (SSSR count). The molecule has 1 aromatic heterocycles. The van der Waals surface area contributed by atoms with Gasteiger partial charge in [0.1, 0.15) is 0 Å². The summed E-state index contributed by atoms with van der Waals surface area (Å²) in [5, 5.41) is 1.06. The summed E-state index contributed by atoms with van der Waals surface area (Å²) in [6, 6.07) is 12.3. The highest BCUT2D eigenvalue weighted by atomic mass is 32.1. The minimum Gasteiger partial charge on any atom is -0.345 e. The summed E-state index contributed by atoms with van der Waals surface area (Å²) in [6.07, 6.45) is 0. The average Bonchev–Trinajstić information content (AvgIpc) is 3.03. The molecule has 3 nitrogen and oxygen atoms in total. The summed E-state index contributed by atoms with van der Waals surface area (Å²) >= 11 is 1.72. The zero-order chi connectivity index (χ0) is 16.5. The Labute approximate surface area is 143 Å². The molecule has 1 aliphatic rings. The molecule has 24 heavy (non-hydrogen) atoms. The number of halogens is 2. The van der Waals surface area contributed by atoms with E-state index in [2.05, 4.69) is 15.9 Å². The Morgan fingerprint density at radius 2 is 1.75 bits per heavy atom. The molecule has 0 saturated carbocycles. The number of anilines is 1. The van der Waals surface area contributed by atoms with Gasteiger partial charge in [-0.2, -0.15) is 0 Å². The number of nitrogens with zero attached hydrogens (tertiary/aromatic N) is 3. The lowest BCUT2D eigenvalue weighted by Crippen LogP contribution is -2.45. The van der Waals surface area contributed by atoms with Crippen molar-refractivity contribution in [1.29, 1.82) is 0 Å². The molecular weight excluding hydrogens is 328 g/mol. The summed E-state index contributed by atoms with van der Waals surface area (Å²) in [5.41, 5.74) is 1.85. The van der Waals surface area contributed by atoms with Crippen molar-refractivity contribution in [3.05, 3.63) is 59.7 Å². The van der Waals surface area contributed by atoms with Crippen LogP contribution in [0.15, 0.2) is 42.5 Å². The number of aromatic nitrogens is 1. The standard InChI is InChI=1S/C18H17F2N3S/c19-14-6-5-13(11-15(14)20)12-22-7-9-23(10-8-22)18-21-16-3-1-2-4-17(16)24-18/h1-6,11H,7-10,12H2. The van der Waals surface area contributed by atoms with Gasteiger partial charge in [0.05, 0.1) is 10.2 Å². The second-order valence-corrected chi connectivity index (χ2v) is 6.98. The smallest absolute Gasteiger partial charge is 0.186 e. The minimum absolute atomic E-state index is 0.644. The van der Waals surface area contributed by atoms with Crippen LogP contribution in [-0.2, 0) is 6.54 Å². The van der Waals surface area contributed by atoms with Gasteiger partial charge in [-0.15, -0.1) is 0 Å². The zero-order valence-corrected chi connectivity index (χ0v) is 13.9. The van der Waals surface area contributed by atoms with E-state index in [1.165, 1.54) is 16.8 Å². The van der Waals surface area contributed by atoms with E-state index >= 15 is 0 Å². The Kier molecular flexibility index (Phi) is 4.16. The van der Waals surface area contributed by atoms with Crippen LogP contribution < -0.4 is 4.90 Å². The third-order valence-electron chi connectivity index (χ3n) is 4.32. The first-order valence-electron chi connectivity index (χ1n) is 7.96. The van der Waals surface area contributed by atoms with E-state index in [1.807, 2.05) is 18.2 Å². The number of hydrogen-bond donors (Lipinski definition) is 0. The van der Waals surface area contributed by atoms with Gasteiger partial charge < -0.3 is 4.90 Å². The lowest BCUT2D eigenvalue weighted by molar-refractivity contribution is 0.249. The number of hydrogen-bond acceptors (Lipinski definition) is 4. The van der Waals surface area contributed by atoms with Crippen LogP contribution in [0.1, 0.15) is 5.56 Å². The largest absolute Gasteiger partial charge is 0.345 e. The van der Waals surface area contributed by atoms with Gasteiger partial charge in [-0.3, -0.25) is 4.90 Å². The number of benzene rings is 2. The molecule has 0 bridgehead atoms. The molecule has 0 amide bonds. The maximum absolute atomic E-state index is 13.3. The van der Waals surface area contributed by atoms with E-state index in [1.54, 1.807) is 17.4 Å². The molecule has 1 saturated heterocycles. The van der Waals surface area contributed by atoms with Crippen LogP contribution in [0, 0.1) is 11.6 Å². The molecule has 6 heteroatoms. The fraction of sp³-hybridized carbons (Fsp3) is 0.278. The van der Waals surface area contributed by atoms with Gasteiger partial charge in [-0.1, -0.05) is 29.5 Å². The van der Waals surface area contributed by atoms with Gasteiger partial charge in [0.15, 0.2) is 16.8 Å². The Morgan fingerprint density at radius 1 is 0.958 bits per heavy atom. The lowest BCUT2D eigenvalue weighted by atomic mass is 10.2. The molecule has 0 unspecified atom stereocenters. The molecule has 3 aromatic rings. The van der Waals surface area contributed by atoms with Gasteiger partial charge in [-0.25, -0.2) is 13.8 Å². The first kappa shape index (κ1) is 15.5. The van der Waals surface area contributed by atoms with E-state index < -0.39 is 11.6 Å². The topological polar surface area (TPSA) is 19.4 Å². The molecule has 2 heterocycles. The predicted molar refractivity (Wildman–Crippen MR) is 93.5 cm³/mol. The normalized spacial score (nSPS) is 16.0. The van der Waals surface area contributed by atoms with Gasteiger partial charge >= 0.3 is 0 Å². The first-order chi connectivity index (χ1) is 11.7. The van der Waals surface area contributed by atoms with Crippen LogP contribution in [-0.4, -0.2) is 36.1 Å². The fourth-order valence-corrected chi connectivity index (χ4v) is 4.01. The summed E-state index contributed by atoms with van der Waals surface area (Å²) < 4.78 is 27.5. The van der Waals surface area contributed by atoms with Crippen molar-refractivity contribution in [3.63, 3.8) is 0 Å². The number of fused-ring (bicyclic) bond motifs is 1. The molecule has 0 radical (unpaired) electrons. The zero-order valence-electron chi connectivity index (χ0n) is 13.1. The molecule has 0 spiro atoms. The highest BCUT2D eigenvalue weighted by Gasteiger charge is 2.20. The number of thiazole rings is 1. The summed E-state index contributed by atoms with van der Waals surface area (Å²) in [7, 11) is 0. The van der Waals surface area contributed by atoms with Gasteiger partial charge in [0.2, 0.25) is 0 Å². The van der Waals surface area contributed by atoms with Crippen LogP contribution in [0.2, 0.25) is 0 Å². The third kappa shape index (κ3) is 3.12. The number of rotatable bonds is 3. The Hall–Kier alpha value is -2.05. The van der Waals surface area contributed by atoms with Crippen molar-refractivity contribution in [3.8, 4) is 0 Å². The van der Waals surface area contributed by atoms with Gasteiger partial charge in [0, 0.05) is 32.7 Å². The van der Waals surface area contributed by atoms with Crippen LogP contribution in [0.25, 0.3) is 10.2 Å². The van der Waals surface area contributed by atoms with Crippen LogP contribution in [0.4, 0.5) is 13.9 Å². The van der Waals surface area contributed by atoms with E-state index in [0.29, 0.717) is 6.54 Å². The highest BCUT2D eigenvalue weighted by Crippen LogP contribution is 2.29. The van der Waals surface area contributed by atoms with Crippen molar-refractivity contribution in [2.45, 2.75) is 6.54 Å². The van der Waals surface area contributed by atoms with E-state index in [0.717, 1.165) is 42.4 Å². The average molecular weight is 345 g/mol. The van der Waals surface area contributed by atoms with Gasteiger partial charge in [0.25, 0.3) is 0 Å². The molecule has 1 fully saturated rings. The SMILES string of the molecule is Fc1ccc(CN2CCN(c3nc4ccccc4s3)CC2)cc1F. The Balaban J connectivity index is 1.40.